The molecule has 0 N–H and O–H groups in total. The summed E-state index contributed by atoms with van der Waals surface area (Å²) in [6.07, 6.45) is 1.13. The zero-order valence-corrected chi connectivity index (χ0v) is 20.3. The third kappa shape index (κ3) is 4.16. The molecule has 4 nitrogen and oxygen atoms in total. The number of carbonyl (C=O) groups excluding carboxylic acids is 1. The second kappa shape index (κ2) is 9.24. The average Bonchev–Trinajstić information content (AvgIpc) is 2.78. The number of nitrogens with zero attached hydrogens (tertiary/aromatic N) is 3. The molecule has 190 valence electrons. The minimum Gasteiger partial charge on any atom is -0.279 e. The topological polar surface area (TPSA) is 26.8 Å². The number of amides is 2. The first kappa shape index (κ1) is 25.7. The summed E-state index contributed by atoms with van der Waals surface area (Å²) in [5.74, 6) is -5.29. The summed E-state index contributed by atoms with van der Waals surface area (Å²) < 4.78 is 73.7. The van der Waals surface area contributed by atoms with Gasteiger partial charge in [0.05, 0.1) is 17.1 Å². The molecule has 0 bridgehead atoms. The lowest BCUT2D eigenvalue weighted by atomic mass is 10.1. The van der Waals surface area contributed by atoms with Crippen molar-refractivity contribution >= 4 is 29.2 Å². The number of benzene rings is 3. The van der Waals surface area contributed by atoms with Crippen LogP contribution in [0.5, 0.6) is 0 Å². The van der Waals surface area contributed by atoms with Gasteiger partial charge in [0.2, 0.25) is 0 Å². The molecule has 37 heavy (non-hydrogen) atoms. The Labute approximate surface area is 210 Å². The van der Waals surface area contributed by atoms with E-state index in [0.717, 1.165) is 32.9 Å². The van der Waals surface area contributed by atoms with Crippen molar-refractivity contribution in [2.45, 2.75) is 20.8 Å². The van der Waals surface area contributed by atoms with Gasteiger partial charge in [0, 0.05) is 17.7 Å². The number of urea groups is 1. The zero-order valence-electron chi connectivity index (χ0n) is 20.3. The highest BCUT2D eigenvalue weighted by Crippen LogP contribution is 2.43. The molecule has 0 unspecified atom stereocenters. The van der Waals surface area contributed by atoms with Gasteiger partial charge in [0.15, 0.2) is 5.82 Å². The molecule has 9 heteroatoms. The lowest BCUT2D eigenvalue weighted by Gasteiger charge is -2.46. The van der Waals surface area contributed by atoms with E-state index in [0.29, 0.717) is 23.3 Å². The molecule has 3 aromatic rings. The largest absolute Gasteiger partial charge is 0.340 e. The van der Waals surface area contributed by atoms with Crippen LogP contribution in [0.2, 0.25) is 0 Å². The van der Waals surface area contributed by atoms with E-state index >= 15 is 13.2 Å². The molecule has 0 radical (unpaired) electrons. The molecule has 0 atom stereocenters. The van der Waals surface area contributed by atoms with Gasteiger partial charge in [0.1, 0.15) is 34.9 Å². The van der Waals surface area contributed by atoms with Crippen molar-refractivity contribution in [2.75, 3.05) is 14.7 Å². The zero-order chi connectivity index (χ0) is 27.3. The van der Waals surface area contributed by atoms with Gasteiger partial charge in [-0.1, -0.05) is 31.9 Å². The molecule has 0 aliphatic carbocycles. The fourth-order valence-corrected chi connectivity index (χ4v) is 4.52. The number of anilines is 3. The Kier molecular flexibility index (Phi) is 6.41. The number of carbonyl (C=O) groups is 1. The lowest BCUT2D eigenvalue weighted by molar-refractivity contribution is 0.252. The Morgan fingerprint density at radius 3 is 1.65 bits per heavy atom. The molecule has 3 aromatic carbocycles. The smallest absolute Gasteiger partial charge is 0.279 e. The van der Waals surface area contributed by atoms with Crippen LogP contribution in [0.1, 0.15) is 22.3 Å². The standard InChI is InChI=1S/C28H22F5N3O/c1-7-19-11-21(30)13-24(33)27(19)36-18(6)34(25-16(4)10-20(29)12-23(25)32)17(5)35(28(36)37)26-15(3)8-14(2)9-22(26)31/h7-13H,1,5-6H2,2-4H3. The molecule has 1 heterocycles. The highest BCUT2D eigenvalue weighted by Gasteiger charge is 2.43. The maximum absolute atomic E-state index is 15.3. The molecule has 0 aromatic heterocycles. The maximum atomic E-state index is 15.3. The summed E-state index contributed by atoms with van der Waals surface area (Å²) in [6.45, 7) is 15.9. The van der Waals surface area contributed by atoms with Crippen molar-refractivity contribution in [1.82, 2.24) is 0 Å². The van der Waals surface area contributed by atoms with E-state index in [-0.39, 0.29) is 34.1 Å². The van der Waals surface area contributed by atoms with Crippen LogP contribution in [0.25, 0.3) is 6.08 Å². The van der Waals surface area contributed by atoms with Crippen molar-refractivity contribution in [2.24, 2.45) is 0 Å². The predicted molar refractivity (Wildman–Crippen MR) is 135 cm³/mol. The summed E-state index contributed by atoms with van der Waals surface area (Å²) in [5.41, 5.74) is -0.0162. The summed E-state index contributed by atoms with van der Waals surface area (Å²) >= 11 is 0. The molecular weight excluding hydrogens is 489 g/mol. The number of hydrogen-bond acceptors (Lipinski definition) is 2. The number of rotatable bonds is 4. The minimum absolute atomic E-state index is 0.0960. The molecule has 0 saturated carbocycles. The first-order valence-electron chi connectivity index (χ1n) is 11.0. The van der Waals surface area contributed by atoms with Crippen molar-refractivity contribution in [3.63, 3.8) is 0 Å². The summed E-state index contributed by atoms with van der Waals surface area (Å²) in [5, 5.41) is 0. The van der Waals surface area contributed by atoms with Crippen molar-refractivity contribution in [3.05, 3.63) is 119 Å². The second-order valence-electron chi connectivity index (χ2n) is 8.62. The van der Waals surface area contributed by atoms with E-state index in [9.17, 15) is 13.6 Å². The molecule has 0 spiro atoms. The maximum Gasteiger partial charge on any atom is 0.340 e. The van der Waals surface area contributed by atoms with Gasteiger partial charge < -0.3 is 0 Å². The van der Waals surface area contributed by atoms with Gasteiger partial charge in [-0.05, 0) is 55.7 Å². The molecular formula is C28H22F5N3O. The fourth-order valence-electron chi connectivity index (χ4n) is 4.52. The minimum atomic E-state index is -1.14. The molecule has 2 amide bonds. The molecule has 1 aliphatic heterocycles. The fraction of sp³-hybridized carbons (Fsp3) is 0.107. The Morgan fingerprint density at radius 1 is 0.649 bits per heavy atom. The Morgan fingerprint density at radius 2 is 1.11 bits per heavy atom. The first-order valence-corrected chi connectivity index (χ1v) is 11.0. The monoisotopic (exact) mass is 511 g/mol. The number of halogens is 5. The van der Waals surface area contributed by atoms with E-state index in [4.69, 9.17) is 0 Å². The van der Waals surface area contributed by atoms with E-state index in [2.05, 4.69) is 19.7 Å². The van der Waals surface area contributed by atoms with Crippen molar-refractivity contribution < 1.29 is 26.7 Å². The van der Waals surface area contributed by atoms with Gasteiger partial charge in [-0.2, -0.15) is 0 Å². The summed E-state index contributed by atoms with van der Waals surface area (Å²) in [6, 6.07) is 4.99. The third-order valence-electron chi connectivity index (χ3n) is 5.98. The van der Waals surface area contributed by atoms with Gasteiger partial charge in [-0.15, -0.1) is 0 Å². The molecule has 1 aliphatic rings. The van der Waals surface area contributed by atoms with Gasteiger partial charge in [-0.3, -0.25) is 4.90 Å². The van der Waals surface area contributed by atoms with E-state index in [1.165, 1.54) is 13.0 Å². The van der Waals surface area contributed by atoms with Crippen LogP contribution in [-0.4, -0.2) is 6.03 Å². The predicted octanol–water partition coefficient (Wildman–Crippen LogP) is 7.85. The Bertz CT molecular complexity index is 1390. The van der Waals surface area contributed by atoms with Crippen LogP contribution in [0.4, 0.5) is 43.8 Å². The SMILES string of the molecule is C=Cc1cc(F)cc(F)c1N1C(=C)N(c2c(C)cc(F)cc2F)C(=C)N(c2c(C)cc(C)cc2F)C1=O. The Balaban J connectivity index is 2.06. The van der Waals surface area contributed by atoms with Crippen LogP contribution in [0.3, 0.4) is 0 Å². The van der Waals surface area contributed by atoms with Gasteiger partial charge in [0.25, 0.3) is 0 Å². The van der Waals surface area contributed by atoms with Gasteiger partial charge in [-0.25, -0.2) is 36.5 Å². The quantitative estimate of drug-likeness (QED) is 0.334. The molecule has 1 fully saturated rings. The molecule has 1 saturated heterocycles. The van der Waals surface area contributed by atoms with E-state index < -0.39 is 40.8 Å². The van der Waals surface area contributed by atoms with E-state index in [1.54, 1.807) is 19.9 Å². The van der Waals surface area contributed by atoms with Crippen LogP contribution < -0.4 is 14.7 Å². The summed E-state index contributed by atoms with van der Waals surface area (Å²) in [4.78, 5) is 16.6. The highest BCUT2D eigenvalue weighted by atomic mass is 19.1. The average molecular weight is 511 g/mol. The number of hydrogen-bond donors (Lipinski definition) is 0. The van der Waals surface area contributed by atoms with Crippen LogP contribution in [0.15, 0.2) is 67.8 Å². The van der Waals surface area contributed by atoms with Crippen LogP contribution in [0, 0.1) is 49.9 Å². The highest BCUT2D eigenvalue weighted by molar-refractivity contribution is 6.12. The number of aryl methyl sites for hydroxylation is 3. The Hall–Kier alpha value is -4.40. The lowest BCUT2D eigenvalue weighted by Crippen LogP contribution is -2.56. The van der Waals surface area contributed by atoms with Gasteiger partial charge >= 0.3 is 6.03 Å². The van der Waals surface area contributed by atoms with Crippen LogP contribution in [-0.2, 0) is 0 Å². The van der Waals surface area contributed by atoms with Crippen molar-refractivity contribution in [3.8, 4) is 0 Å². The molecule has 4 rings (SSSR count). The first-order chi connectivity index (χ1) is 17.4. The third-order valence-corrected chi connectivity index (χ3v) is 5.98. The summed E-state index contributed by atoms with van der Waals surface area (Å²) in [7, 11) is 0. The van der Waals surface area contributed by atoms with E-state index in [1.807, 2.05) is 0 Å². The van der Waals surface area contributed by atoms with Crippen LogP contribution >= 0.6 is 0 Å². The normalized spacial score (nSPS) is 14.1. The second-order valence-corrected chi connectivity index (χ2v) is 8.62. The van der Waals surface area contributed by atoms with Crippen molar-refractivity contribution in [1.29, 1.82) is 0 Å².